The van der Waals surface area contributed by atoms with E-state index >= 15 is 0 Å². The quantitative estimate of drug-likeness (QED) is 0.719. The zero-order valence-corrected chi connectivity index (χ0v) is 16.9. The molecular weight excluding hydrogens is 396 g/mol. The van der Waals surface area contributed by atoms with Crippen LogP contribution in [0.5, 0.6) is 0 Å². The van der Waals surface area contributed by atoms with Gasteiger partial charge in [-0.15, -0.1) is 0 Å². The standard InChI is InChI=1S/C23H22N4O4/c1-14(28)26-16-4-6-17(7-5-16)27-13-23-9-8-18(31-23)19(20(23)22(27)30)21(29)25-12-15-3-2-10-24-11-15/h2-11,18-20H,12-13H2,1H3,(H,25,29)(H,26,28)/t18-,19?,20?,23?/m1/s1. The Kier molecular flexibility index (Phi) is 4.59. The topological polar surface area (TPSA) is 101 Å². The van der Waals surface area contributed by atoms with E-state index in [-0.39, 0.29) is 17.7 Å². The van der Waals surface area contributed by atoms with Crippen molar-refractivity contribution in [3.8, 4) is 0 Å². The number of hydrogen-bond acceptors (Lipinski definition) is 5. The summed E-state index contributed by atoms with van der Waals surface area (Å²) in [5.41, 5.74) is 1.47. The maximum absolute atomic E-state index is 13.4. The minimum Gasteiger partial charge on any atom is -0.360 e. The number of fused-ring (bicyclic) bond motifs is 1. The Balaban J connectivity index is 1.34. The smallest absolute Gasteiger partial charge is 0.234 e. The third kappa shape index (κ3) is 3.29. The van der Waals surface area contributed by atoms with Gasteiger partial charge in [0.2, 0.25) is 17.7 Å². The molecule has 0 aliphatic carbocycles. The molecule has 8 nitrogen and oxygen atoms in total. The summed E-state index contributed by atoms with van der Waals surface area (Å²) in [5, 5.41) is 5.64. The lowest BCUT2D eigenvalue weighted by molar-refractivity contribution is -0.132. The lowest BCUT2D eigenvalue weighted by atomic mass is 9.77. The van der Waals surface area contributed by atoms with E-state index < -0.39 is 23.5 Å². The first-order chi connectivity index (χ1) is 15.0. The number of carbonyl (C=O) groups is 3. The molecule has 3 aliphatic rings. The van der Waals surface area contributed by atoms with Gasteiger partial charge in [-0.25, -0.2) is 0 Å². The molecule has 5 rings (SSSR count). The minimum atomic E-state index is -0.783. The maximum Gasteiger partial charge on any atom is 0.234 e. The molecule has 2 aromatic rings. The fourth-order valence-electron chi connectivity index (χ4n) is 4.75. The maximum atomic E-state index is 13.4. The summed E-state index contributed by atoms with van der Waals surface area (Å²) in [5.74, 6) is -1.61. The summed E-state index contributed by atoms with van der Waals surface area (Å²) in [4.78, 5) is 43.3. The van der Waals surface area contributed by atoms with Gasteiger partial charge in [-0.2, -0.15) is 0 Å². The van der Waals surface area contributed by atoms with Gasteiger partial charge >= 0.3 is 0 Å². The molecule has 8 heteroatoms. The van der Waals surface area contributed by atoms with E-state index in [9.17, 15) is 14.4 Å². The van der Waals surface area contributed by atoms with Crippen molar-refractivity contribution in [2.45, 2.75) is 25.2 Å². The Morgan fingerprint density at radius 1 is 1.26 bits per heavy atom. The van der Waals surface area contributed by atoms with E-state index in [1.165, 1.54) is 6.92 Å². The van der Waals surface area contributed by atoms with E-state index in [1.54, 1.807) is 41.6 Å². The Morgan fingerprint density at radius 3 is 2.77 bits per heavy atom. The lowest BCUT2D eigenvalue weighted by Crippen LogP contribution is -2.44. The summed E-state index contributed by atoms with van der Waals surface area (Å²) < 4.78 is 6.16. The highest BCUT2D eigenvalue weighted by Crippen LogP contribution is 2.52. The van der Waals surface area contributed by atoms with Crippen LogP contribution >= 0.6 is 0 Å². The molecule has 4 heterocycles. The molecule has 1 aromatic carbocycles. The van der Waals surface area contributed by atoms with Gasteiger partial charge in [-0.05, 0) is 35.9 Å². The first kappa shape index (κ1) is 19.4. The minimum absolute atomic E-state index is 0.124. The molecule has 31 heavy (non-hydrogen) atoms. The zero-order valence-electron chi connectivity index (χ0n) is 16.9. The lowest BCUT2D eigenvalue weighted by Gasteiger charge is -2.23. The molecule has 1 aromatic heterocycles. The van der Waals surface area contributed by atoms with Gasteiger partial charge in [0.05, 0.1) is 24.5 Å². The fourth-order valence-corrected chi connectivity index (χ4v) is 4.75. The Morgan fingerprint density at radius 2 is 2.06 bits per heavy atom. The number of benzene rings is 1. The van der Waals surface area contributed by atoms with Crippen LogP contribution in [0.2, 0.25) is 0 Å². The van der Waals surface area contributed by atoms with E-state index in [2.05, 4.69) is 15.6 Å². The van der Waals surface area contributed by atoms with Crippen molar-refractivity contribution in [1.82, 2.24) is 10.3 Å². The molecular formula is C23H22N4O4. The van der Waals surface area contributed by atoms with Gasteiger partial charge < -0.3 is 20.3 Å². The Labute approximate surface area is 179 Å². The first-order valence-electron chi connectivity index (χ1n) is 10.2. The van der Waals surface area contributed by atoms with Crippen molar-refractivity contribution in [1.29, 1.82) is 0 Å². The molecule has 158 valence electrons. The van der Waals surface area contributed by atoms with Crippen LogP contribution in [0.1, 0.15) is 12.5 Å². The zero-order chi connectivity index (χ0) is 21.6. The second-order valence-corrected chi connectivity index (χ2v) is 8.13. The Bertz CT molecular complexity index is 1070. The van der Waals surface area contributed by atoms with E-state index in [0.29, 0.717) is 24.5 Å². The van der Waals surface area contributed by atoms with E-state index in [1.807, 2.05) is 24.3 Å². The van der Waals surface area contributed by atoms with Gasteiger partial charge in [-0.1, -0.05) is 18.2 Å². The summed E-state index contributed by atoms with van der Waals surface area (Å²) in [6.07, 6.45) is 6.80. The third-order valence-electron chi connectivity index (χ3n) is 6.09. The van der Waals surface area contributed by atoms with Crippen LogP contribution in [-0.2, 0) is 25.7 Å². The Hall–Kier alpha value is -3.52. The van der Waals surface area contributed by atoms with Crippen molar-refractivity contribution in [2.75, 3.05) is 16.8 Å². The number of aromatic nitrogens is 1. The number of rotatable bonds is 5. The molecule has 2 fully saturated rings. The van der Waals surface area contributed by atoms with Crippen LogP contribution < -0.4 is 15.5 Å². The molecule has 3 amide bonds. The van der Waals surface area contributed by atoms with Crippen molar-refractivity contribution in [3.05, 3.63) is 66.5 Å². The molecule has 3 unspecified atom stereocenters. The molecule has 2 bridgehead atoms. The summed E-state index contributed by atoms with van der Waals surface area (Å²) >= 11 is 0. The average molecular weight is 418 g/mol. The number of carbonyl (C=O) groups excluding carboxylic acids is 3. The number of ether oxygens (including phenoxy) is 1. The molecule has 3 aliphatic heterocycles. The van der Waals surface area contributed by atoms with Crippen LogP contribution in [0, 0.1) is 11.8 Å². The third-order valence-corrected chi connectivity index (χ3v) is 6.09. The second kappa shape index (κ2) is 7.31. The number of pyridine rings is 1. The van der Waals surface area contributed by atoms with Crippen molar-refractivity contribution >= 4 is 29.1 Å². The highest BCUT2D eigenvalue weighted by atomic mass is 16.5. The van der Waals surface area contributed by atoms with Crippen molar-refractivity contribution in [3.63, 3.8) is 0 Å². The summed E-state index contributed by atoms with van der Waals surface area (Å²) in [7, 11) is 0. The van der Waals surface area contributed by atoms with Crippen molar-refractivity contribution in [2.24, 2.45) is 11.8 Å². The average Bonchev–Trinajstić information content (AvgIpc) is 3.41. The fraction of sp³-hybridized carbons (Fsp3) is 0.304. The largest absolute Gasteiger partial charge is 0.360 e. The van der Waals surface area contributed by atoms with Crippen LogP contribution in [0.15, 0.2) is 60.9 Å². The van der Waals surface area contributed by atoms with E-state index in [4.69, 9.17) is 4.74 Å². The highest BCUT2D eigenvalue weighted by Gasteiger charge is 2.67. The molecule has 1 spiro atoms. The number of amides is 3. The number of nitrogens with one attached hydrogen (secondary N) is 2. The number of nitrogens with zero attached hydrogens (tertiary/aromatic N) is 2. The predicted octanol–water partition coefficient (Wildman–Crippen LogP) is 1.64. The molecule has 0 radical (unpaired) electrons. The normalized spacial score (nSPS) is 28.0. The monoisotopic (exact) mass is 418 g/mol. The van der Waals surface area contributed by atoms with Gasteiger partial charge in [-0.3, -0.25) is 19.4 Å². The van der Waals surface area contributed by atoms with Crippen LogP contribution in [0.4, 0.5) is 11.4 Å². The molecule has 4 atom stereocenters. The predicted molar refractivity (Wildman–Crippen MR) is 113 cm³/mol. The second-order valence-electron chi connectivity index (χ2n) is 8.13. The SMILES string of the molecule is CC(=O)Nc1ccc(N2CC34C=C[C@@H](O3)C(C(=O)NCc3cccnc3)C4C2=O)cc1. The van der Waals surface area contributed by atoms with Gasteiger partial charge in [0.15, 0.2) is 0 Å². The van der Waals surface area contributed by atoms with Crippen LogP contribution in [0.3, 0.4) is 0 Å². The number of anilines is 2. The van der Waals surface area contributed by atoms with Crippen molar-refractivity contribution < 1.29 is 19.1 Å². The molecule has 0 saturated carbocycles. The van der Waals surface area contributed by atoms with Crippen LogP contribution in [-0.4, -0.2) is 41.0 Å². The van der Waals surface area contributed by atoms with Crippen LogP contribution in [0.25, 0.3) is 0 Å². The molecule has 2 saturated heterocycles. The van der Waals surface area contributed by atoms with E-state index in [0.717, 1.165) is 5.56 Å². The van der Waals surface area contributed by atoms with Gasteiger partial charge in [0.1, 0.15) is 5.60 Å². The van der Waals surface area contributed by atoms with Gasteiger partial charge in [0, 0.05) is 37.2 Å². The molecule has 2 N–H and O–H groups in total. The first-order valence-corrected chi connectivity index (χ1v) is 10.2. The summed E-state index contributed by atoms with van der Waals surface area (Å²) in [6, 6.07) is 10.8. The van der Waals surface area contributed by atoms with Gasteiger partial charge in [0.25, 0.3) is 0 Å². The summed E-state index contributed by atoms with van der Waals surface area (Å²) in [6.45, 7) is 2.15. The highest BCUT2D eigenvalue weighted by molar-refractivity contribution is 6.03. The number of hydrogen-bond donors (Lipinski definition) is 2.